The molecular weight excluding hydrogens is 257 g/mol. The smallest absolute Gasteiger partial charge is 0.234 e. The lowest BCUT2D eigenvalue weighted by Crippen LogP contribution is -2.39. The second kappa shape index (κ2) is 5.46. The number of rotatable bonds is 5. The van der Waals surface area contributed by atoms with Crippen LogP contribution < -0.4 is 4.57 Å². The highest BCUT2D eigenvalue weighted by Crippen LogP contribution is 2.21. The minimum absolute atomic E-state index is 0.0980. The first-order valence-electron chi connectivity index (χ1n) is 6.05. The Kier molecular flexibility index (Phi) is 3.92. The monoisotopic (exact) mass is 273 g/mol. The van der Waals surface area contributed by atoms with Crippen molar-refractivity contribution in [2.45, 2.75) is 39.2 Å². The van der Waals surface area contributed by atoms with Crippen molar-refractivity contribution in [2.75, 3.05) is 0 Å². The summed E-state index contributed by atoms with van der Waals surface area (Å²) in [4.78, 5) is 0. The van der Waals surface area contributed by atoms with Crippen LogP contribution in [0.3, 0.4) is 0 Å². The summed E-state index contributed by atoms with van der Waals surface area (Å²) in [5.41, 5.74) is 0. The summed E-state index contributed by atoms with van der Waals surface area (Å²) in [7, 11) is 0. The zero-order chi connectivity index (χ0) is 13.9. The van der Waals surface area contributed by atoms with Crippen LogP contribution in [0.5, 0.6) is 0 Å². The number of aromatic nitrogens is 4. The van der Waals surface area contributed by atoms with Crippen LogP contribution in [0.25, 0.3) is 0 Å². The predicted molar refractivity (Wildman–Crippen MR) is 62.3 cm³/mol. The van der Waals surface area contributed by atoms with Gasteiger partial charge in [-0.3, -0.25) is 0 Å². The summed E-state index contributed by atoms with van der Waals surface area (Å²) in [6.45, 7) is 2.82. The van der Waals surface area contributed by atoms with Gasteiger partial charge in [0.25, 0.3) is 5.82 Å². The van der Waals surface area contributed by atoms with E-state index in [-0.39, 0.29) is 6.42 Å². The van der Waals surface area contributed by atoms with Gasteiger partial charge in [0.2, 0.25) is 0 Å². The van der Waals surface area contributed by atoms with E-state index in [0.717, 1.165) is 5.82 Å². The maximum atomic E-state index is 12.1. The average molecular weight is 273 g/mol. The Bertz CT molecular complexity index is 514. The van der Waals surface area contributed by atoms with Crippen molar-refractivity contribution in [1.82, 2.24) is 14.3 Å². The van der Waals surface area contributed by atoms with Gasteiger partial charge in [0, 0.05) is 25.7 Å². The number of aryl methyl sites for hydroxylation is 1. The molecule has 0 saturated carbocycles. The second-order valence-corrected chi connectivity index (χ2v) is 4.41. The van der Waals surface area contributed by atoms with Crippen LogP contribution in [0.15, 0.2) is 30.9 Å². The van der Waals surface area contributed by atoms with Crippen molar-refractivity contribution in [3.63, 3.8) is 0 Å². The highest BCUT2D eigenvalue weighted by Gasteiger charge is 2.26. The fourth-order valence-electron chi connectivity index (χ4n) is 1.92. The molecule has 104 valence electrons. The number of hydrogen-bond acceptors (Lipinski definition) is 1. The highest BCUT2D eigenvalue weighted by molar-refractivity contribution is 4.81. The summed E-state index contributed by atoms with van der Waals surface area (Å²) < 4.78 is 41.8. The van der Waals surface area contributed by atoms with Crippen molar-refractivity contribution in [1.29, 1.82) is 0 Å². The molecule has 4 nitrogen and oxygen atoms in total. The minimum atomic E-state index is -4.08. The first kappa shape index (κ1) is 13.6. The van der Waals surface area contributed by atoms with Crippen LogP contribution in [0.2, 0.25) is 0 Å². The van der Waals surface area contributed by atoms with Gasteiger partial charge in [0.1, 0.15) is 12.4 Å². The van der Waals surface area contributed by atoms with Crippen LogP contribution in [-0.2, 0) is 13.2 Å². The molecule has 19 heavy (non-hydrogen) atoms. The first-order valence-corrected chi connectivity index (χ1v) is 6.05. The van der Waals surface area contributed by atoms with Gasteiger partial charge in [-0.1, -0.05) is 0 Å². The van der Waals surface area contributed by atoms with E-state index in [2.05, 4.69) is 5.10 Å². The molecule has 0 saturated heterocycles. The first-order chi connectivity index (χ1) is 8.96. The van der Waals surface area contributed by atoms with Gasteiger partial charge in [-0.25, -0.2) is 13.8 Å². The minimum Gasteiger partial charge on any atom is -0.234 e. The lowest BCUT2D eigenvalue weighted by atomic mass is 10.3. The quantitative estimate of drug-likeness (QED) is 0.767. The molecule has 7 heteroatoms. The van der Waals surface area contributed by atoms with Gasteiger partial charge in [-0.2, -0.15) is 18.3 Å². The Balaban J connectivity index is 1.94. The average Bonchev–Trinajstić information content (AvgIpc) is 2.92. The van der Waals surface area contributed by atoms with E-state index in [1.807, 2.05) is 34.5 Å². The molecule has 0 N–H and O–H groups in total. The zero-order valence-corrected chi connectivity index (χ0v) is 10.6. The van der Waals surface area contributed by atoms with Gasteiger partial charge >= 0.3 is 6.18 Å². The van der Waals surface area contributed by atoms with E-state index < -0.39 is 12.6 Å². The molecule has 2 heterocycles. The molecule has 0 aromatic carbocycles. The number of imidazole rings is 1. The van der Waals surface area contributed by atoms with E-state index in [0.29, 0.717) is 13.2 Å². The molecule has 0 bridgehead atoms. The van der Waals surface area contributed by atoms with Gasteiger partial charge < -0.3 is 0 Å². The summed E-state index contributed by atoms with van der Waals surface area (Å²) >= 11 is 0. The summed E-state index contributed by atoms with van der Waals surface area (Å²) in [5, 5.41) is 4.09. The normalized spacial score (nSPS) is 12.0. The molecule has 0 aliphatic rings. The molecule has 2 aromatic rings. The Morgan fingerprint density at radius 1 is 1.32 bits per heavy atom. The third-order valence-electron chi connectivity index (χ3n) is 2.97. The molecule has 0 amide bonds. The molecule has 2 aromatic heterocycles. The number of hydrogen-bond donors (Lipinski definition) is 0. The zero-order valence-electron chi connectivity index (χ0n) is 10.6. The fourth-order valence-corrected chi connectivity index (χ4v) is 1.92. The third-order valence-corrected chi connectivity index (χ3v) is 2.97. The Morgan fingerprint density at radius 3 is 2.74 bits per heavy atom. The van der Waals surface area contributed by atoms with Crippen molar-refractivity contribution >= 4 is 0 Å². The SMILES string of the molecule is Cc1n(CCCC(F)(F)F)cc[n+]1Cn1cccn1. The largest absolute Gasteiger partial charge is 0.389 e. The van der Waals surface area contributed by atoms with Crippen molar-refractivity contribution < 1.29 is 17.7 Å². The van der Waals surface area contributed by atoms with E-state index in [1.54, 1.807) is 17.1 Å². The van der Waals surface area contributed by atoms with Crippen molar-refractivity contribution in [2.24, 2.45) is 0 Å². The van der Waals surface area contributed by atoms with Crippen LogP contribution in [-0.4, -0.2) is 20.5 Å². The Labute approximate surface area is 109 Å². The Hall–Kier alpha value is -1.79. The highest BCUT2D eigenvalue weighted by atomic mass is 19.4. The molecule has 0 unspecified atom stereocenters. The second-order valence-electron chi connectivity index (χ2n) is 4.41. The van der Waals surface area contributed by atoms with E-state index in [4.69, 9.17) is 0 Å². The van der Waals surface area contributed by atoms with Crippen LogP contribution in [0.4, 0.5) is 13.2 Å². The molecule has 0 radical (unpaired) electrons. The van der Waals surface area contributed by atoms with E-state index in [1.165, 1.54) is 0 Å². The number of halogens is 3. The number of nitrogens with zero attached hydrogens (tertiary/aromatic N) is 4. The molecule has 0 atom stereocenters. The van der Waals surface area contributed by atoms with Crippen molar-refractivity contribution in [3.8, 4) is 0 Å². The molecule has 2 rings (SSSR count). The van der Waals surface area contributed by atoms with E-state index in [9.17, 15) is 13.2 Å². The number of alkyl halides is 3. The van der Waals surface area contributed by atoms with Crippen molar-refractivity contribution in [3.05, 3.63) is 36.7 Å². The molecule has 0 spiro atoms. The molecule has 0 aliphatic carbocycles. The molecular formula is C12H16F3N4+. The van der Waals surface area contributed by atoms with Crippen LogP contribution in [0, 0.1) is 6.92 Å². The summed E-state index contributed by atoms with van der Waals surface area (Å²) in [5.74, 6) is 0.915. The summed E-state index contributed by atoms with van der Waals surface area (Å²) in [6.07, 6.45) is 2.46. The van der Waals surface area contributed by atoms with Gasteiger partial charge in [-0.15, -0.1) is 0 Å². The lowest BCUT2D eigenvalue weighted by Gasteiger charge is -2.05. The van der Waals surface area contributed by atoms with Crippen LogP contribution >= 0.6 is 0 Å². The van der Waals surface area contributed by atoms with Gasteiger partial charge in [-0.05, 0) is 12.5 Å². The Morgan fingerprint density at radius 2 is 2.11 bits per heavy atom. The van der Waals surface area contributed by atoms with Crippen LogP contribution in [0.1, 0.15) is 18.7 Å². The standard InChI is InChI=1S/C12H16F3N4/c1-11-17(6-2-4-12(13,14)15)8-9-18(11)10-19-7-3-5-16-19/h3,5,7-9H,2,4,6,10H2,1H3/q+1. The van der Waals surface area contributed by atoms with E-state index >= 15 is 0 Å². The molecule has 0 aliphatic heterocycles. The topological polar surface area (TPSA) is 26.6 Å². The maximum absolute atomic E-state index is 12.1. The third kappa shape index (κ3) is 3.84. The fraction of sp³-hybridized carbons (Fsp3) is 0.500. The predicted octanol–water partition coefficient (Wildman–Crippen LogP) is 2.13. The lowest BCUT2D eigenvalue weighted by molar-refractivity contribution is -0.708. The summed E-state index contributed by atoms with van der Waals surface area (Å²) in [6, 6.07) is 1.83. The van der Waals surface area contributed by atoms with Gasteiger partial charge in [0.05, 0.1) is 6.54 Å². The maximum Gasteiger partial charge on any atom is 0.389 e. The van der Waals surface area contributed by atoms with Gasteiger partial charge in [0.15, 0.2) is 6.67 Å². The molecule has 0 fully saturated rings.